The first kappa shape index (κ1) is 17.7. The molecule has 1 aliphatic heterocycles. The van der Waals surface area contributed by atoms with Gasteiger partial charge in [-0.15, -0.1) is 0 Å². The van der Waals surface area contributed by atoms with Gasteiger partial charge in [-0.3, -0.25) is 14.6 Å². The molecule has 1 saturated heterocycles. The van der Waals surface area contributed by atoms with Crippen LogP contribution in [0.2, 0.25) is 0 Å². The van der Waals surface area contributed by atoms with E-state index in [1.54, 1.807) is 10.8 Å². The zero-order valence-electron chi connectivity index (χ0n) is 16.1. The van der Waals surface area contributed by atoms with Crippen LogP contribution in [0.1, 0.15) is 18.4 Å². The lowest BCUT2D eigenvalue weighted by Gasteiger charge is -2.21. The van der Waals surface area contributed by atoms with Gasteiger partial charge in [-0.05, 0) is 37.3 Å². The number of H-pyrrole nitrogens is 2. The van der Waals surface area contributed by atoms with Crippen LogP contribution in [0.5, 0.6) is 0 Å². The Balaban J connectivity index is 1.51. The Hall–Kier alpha value is -3.33. The van der Waals surface area contributed by atoms with E-state index in [0.29, 0.717) is 23.8 Å². The zero-order valence-corrected chi connectivity index (χ0v) is 16.1. The molecule has 0 spiro atoms. The highest BCUT2D eigenvalue weighted by Crippen LogP contribution is 2.26. The number of hydrogen-bond donors (Lipinski definition) is 2. The molecule has 1 aromatic carbocycles. The number of rotatable bonds is 4. The van der Waals surface area contributed by atoms with Crippen LogP contribution >= 0.6 is 0 Å². The molecule has 148 valence electrons. The fourth-order valence-electron chi connectivity index (χ4n) is 3.84. The molecule has 5 rings (SSSR count). The van der Waals surface area contributed by atoms with Crippen LogP contribution in [0.15, 0.2) is 35.5 Å². The van der Waals surface area contributed by atoms with E-state index in [9.17, 15) is 4.79 Å². The van der Waals surface area contributed by atoms with Crippen molar-refractivity contribution in [3.05, 3.63) is 46.8 Å². The fourth-order valence-corrected chi connectivity index (χ4v) is 3.84. The maximum absolute atomic E-state index is 12.5. The van der Waals surface area contributed by atoms with E-state index in [-0.39, 0.29) is 5.69 Å². The molecule has 4 heterocycles. The first-order valence-electron chi connectivity index (χ1n) is 9.69. The second-order valence-electron chi connectivity index (χ2n) is 7.39. The summed E-state index contributed by atoms with van der Waals surface area (Å²) in [5.74, 6) is 1.14. The van der Waals surface area contributed by atoms with Crippen LogP contribution in [0.3, 0.4) is 0 Å². The summed E-state index contributed by atoms with van der Waals surface area (Å²) < 4.78 is 7.13. The van der Waals surface area contributed by atoms with Gasteiger partial charge < -0.3 is 4.74 Å². The SMILES string of the molecule is Cc1cc(-c2cnc3[nH]c(=O)n(CC4CCOCC4)c3n2)ccc1-c1ncn[nH]1. The standard InChI is InChI=1S/C20H21N7O2/c1-12-8-14(2-3-15(12)17-22-11-23-26-17)16-9-21-18-19(24-16)27(20(28)25-18)10-13-4-6-29-7-5-13/h2-3,8-9,11,13H,4-7,10H2,1H3,(H,21,25,28)(H,22,23,26). The number of ether oxygens (including phenoxy) is 1. The predicted octanol–water partition coefficient (Wildman–Crippen LogP) is 2.31. The van der Waals surface area contributed by atoms with E-state index in [0.717, 1.165) is 54.3 Å². The molecule has 4 aromatic rings. The maximum atomic E-state index is 12.5. The van der Waals surface area contributed by atoms with E-state index >= 15 is 0 Å². The minimum Gasteiger partial charge on any atom is -0.381 e. The van der Waals surface area contributed by atoms with E-state index in [1.165, 1.54) is 6.33 Å². The van der Waals surface area contributed by atoms with Gasteiger partial charge in [0, 0.05) is 30.9 Å². The third kappa shape index (κ3) is 3.33. The molecule has 0 atom stereocenters. The number of fused-ring (bicyclic) bond motifs is 1. The molecule has 1 fully saturated rings. The number of nitrogens with zero attached hydrogens (tertiary/aromatic N) is 5. The van der Waals surface area contributed by atoms with Crippen molar-refractivity contribution in [2.75, 3.05) is 13.2 Å². The number of benzene rings is 1. The van der Waals surface area contributed by atoms with Crippen molar-refractivity contribution in [2.45, 2.75) is 26.3 Å². The minimum atomic E-state index is -0.166. The summed E-state index contributed by atoms with van der Waals surface area (Å²) in [6.07, 6.45) is 5.09. The van der Waals surface area contributed by atoms with Crippen molar-refractivity contribution >= 4 is 11.3 Å². The van der Waals surface area contributed by atoms with Gasteiger partial charge in [-0.2, -0.15) is 5.10 Å². The molecule has 0 bridgehead atoms. The van der Waals surface area contributed by atoms with E-state index in [1.807, 2.05) is 25.1 Å². The molecule has 0 aliphatic carbocycles. The summed E-state index contributed by atoms with van der Waals surface area (Å²) in [5, 5.41) is 6.80. The molecular weight excluding hydrogens is 370 g/mol. The van der Waals surface area contributed by atoms with Crippen LogP contribution in [-0.4, -0.2) is 47.9 Å². The number of hydrogen-bond acceptors (Lipinski definition) is 6. The molecule has 0 radical (unpaired) electrons. The summed E-state index contributed by atoms with van der Waals surface area (Å²) in [4.78, 5) is 28.7. The Morgan fingerprint density at radius 3 is 2.86 bits per heavy atom. The molecule has 0 saturated carbocycles. The average molecular weight is 391 g/mol. The Morgan fingerprint density at radius 1 is 1.24 bits per heavy atom. The second kappa shape index (κ2) is 7.25. The lowest BCUT2D eigenvalue weighted by Crippen LogP contribution is -2.26. The molecule has 2 N–H and O–H groups in total. The molecule has 3 aromatic heterocycles. The molecule has 9 heteroatoms. The Kier molecular flexibility index (Phi) is 4.44. The largest absolute Gasteiger partial charge is 0.381 e. The van der Waals surface area contributed by atoms with E-state index < -0.39 is 0 Å². The predicted molar refractivity (Wildman–Crippen MR) is 107 cm³/mol. The van der Waals surface area contributed by atoms with Crippen molar-refractivity contribution in [2.24, 2.45) is 5.92 Å². The fraction of sp³-hybridized carbons (Fsp3) is 0.350. The number of aromatic nitrogens is 7. The highest BCUT2D eigenvalue weighted by molar-refractivity contribution is 5.73. The lowest BCUT2D eigenvalue weighted by atomic mass is 10.0. The monoisotopic (exact) mass is 391 g/mol. The van der Waals surface area contributed by atoms with Gasteiger partial charge in [0.1, 0.15) is 6.33 Å². The molecule has 0 amide bonds. The van der Waals surface area contributed by atoms with Crippen molar-refractivity contribution in [1.82, 2.24) is 34.7 Å². The maximum Gasteiger partial charge on any atom is 0.328 e. The van der Waals surface area contributed by atoms with Gasteiger partial charge in [-0.25, -0.2) is 19.7 Å². The zero-order chi connectivity index (χ0) is 19.8. The molecular formula is C20H21N7O2. The number of aryl methyl sites for hydroxylation is 1. The first-order valence-corrected chi connectivity index (χ1v) is 9.69. The highest BCUT2D eigenvalue weighted by atomic mass is 16.5. The van der Waals surface area contributed by atoms with Crippen molar-refractivity contribution in [3.63, 3.8) is 0 Å². The summed E-state index contributed by atoms with van der Waals surface area (Å²) >= 11 is 0. The molecule has 9 nitrogen and oxygen atoms in total. The number of aromatic amines is 2. The van der Waals surface area contributed by atoms with Crippen molar-refractivity contribution in [3.8, 4) is 22.6 Å². The van der Waals surface area contributed by atoms with Crippen molar-refractivity contribution in [1.29, 1.82) is 0 Å². The van der Waals surface area contributed by atoms with Crippen molar-refractivity contribution < 1.29 is 4.74 Å². The van der Waals surface area contributed by atoms with Crippen LogP contribution in [0.25, 0.3) is 33.9 Å². The second-order valence-corrected chi connectivity index (χ2v) is 7.39. The molecule has 29 heavy (non-hydrogen) atoms. The summed E-state index contributed by atoms with van der Waals surface area (Å²) in [5.41, 5.74) is 4.64. The third-order valence-electron chi connectivity index (χ3n) is 5.45. The smallest absolute Gasteiger partial charge is 0.328 e. The van der Waals surface area contributed by atoms with Gasteiger partial charge in [0.2, 0.25) is 0 Å². The Bertz CT molecular complexity index is 1200. The topological polar surface area (TPSA) is 114 Å². The van der Waals surface area contributed by atoms with Gasteiger partial charge in [0.05, 0.1) is 11.9 Å². The van der Waals surface area contributed by atoms with Gasteiger partial charge in [-0.1, -0.05) is 12.1 Å². The third-order valence-corrected chi connectivity index (χ3v) is 5.45. The Labute approximate surface area is 166 Å². The van der Waals surface area contributed by atoms with Gasteiger partial charge in [0.25, 0.3) is 0 Å². The number of imidazole rings is 1. The number of nitrogens with one attached hydrogen (secondary N) is 2. The van der Waals surface area contributed by atoms with E-state index in [2.05, 4.69) is 25.1 Å². The summed E-state index contributed by atoms with van der Waals surface area (Å²) in [7, 11) is 0. The van der Waals surface area contributed by atoms with Gasteiger partial charge in [0.15, 0.2) is 17.1 Å². The quantitative estimate of drug-likeness (QED) is 0.552. The highest BCUT2D eigenvalue weighted by Gasteiger charge is 2.19. The molecule has 1 aliphatic rings. The molecule has 0 unspecified atom stereocenters. The van der Waals surface area contributed by atoms with Crippen LogP contribution in [0, 0.1) is 12.8 Å². The first-order chi connectivity index (χ1) is 14.2. The van der Waals surface area contributed by atoms with E-state index in [4.69, 9.17) is 9.72 Å². The normalized spacial score (nSPS) is 15.2. The Morgan fingerprint density at radius 2 is 2.10 bits per heavy atom. The van der Waals surface area contributed by atoms with Crippen LogP contribution < -0.4 is 5.69 Å². The summed E-state index contributed by atoms with van der Waals surface area (Å²) in [6, 6.07) is 6.01. The van der Waals surface area contributed by atoms with Crippen LogP contribution in [0.4, 0.5) is 0 Å². The lowest BCUT2D eigenvalue weighted by molar-refractivity contribution is 0.0613. The van der Waals surface area contributed by atoms with Gasteiger partial charge >= 0.3 is 5.69 Å². The average Bonchev–Trinajstić information content (AvgIpc) is 3.37. The van der Waals surface area contributed by atoms with Crippen LogP contribution in [-0.2, 0) is 11.3 Å². The summed E-state index contributed by atoms with van der Waals surface area (Å²) in [6.45, 7) is 4.14. The minimum absolute atomic E-state index is 0.166.